The normalized spacial score (nSPS) is 12.5. The molecule has 3 N–H and O–H groups in total. The van der Waals surface area contributed by atoms with Gasteiger partial charge < -0.3 is 15.7 Å². The van der Waals surface area contributed by atoms with Gasteiger partial charge in [0.25, 0.3) is 0 Å². The molecule has 3 nitrogen and oxygen atoms in total. The largest absolute Gasteiger partial charge is 0.393 e. The first-order chi connectivity index (χ1) is 8.15. The SMILES string of the molecule is Cc1ccccc1N(CCCN)CCC(C)O. The lowest BCUT2D eigenvalue weighted by atomic mass is 10.1. The molecular formula is C14H24N2O. The van der Waals surface area contributed by atoms with Gasteiger partial charge in [0, 0.05) is 18.8 Å². The number of benzene rings is 1. The molecule has 1 unspecified atom stereocenters. The van der Waals surface area contributed by atoms with Crippen LogP contribution in [0.15, 0.2) is 24.3 Å². The van der Waals surface area contributed by atoms with E-state index in [-0.39, 0.29) is 6.10 Å². The summed E-state index contributed by atoms with van der Waals surface area (Å²) in [4.78, 5) is 2.31. The summed E-state index contributed by atoms with van der Waals surface area (Å²) in [5.41, 5.74) is 8.10. The minimum absolute atomic E-state index is 0.251. The zero-order chi connectivity index (χ0) is 12.7. The lowest BCUT2D eigenvalue weighted by Gasteiger charge is -2.27. The molecule has 3 heteroatoms. The van der Waals surface area contributed by atoms with Crippen molar-refractivity contribution in [1.29, 1.82) is 0 Å². The molecular weight excluding hydrogens is 212 g/mol. The molecule has 0 radical (unpaired) electrons. The average Bonchev–Trinajstić information content (AvgIpc) is 2.30. The third-order valence-electron chi connectivity index (χ3n) is 2.91. The number of hydrogen-bond acceptors (Lipinski definition) is 3. The molecule has 0 saturated carbocycles. The van der Waals surface area contributed by atoms with Crippen molar-refractivity contribution in [3.8, 4) is 0 Å². The zero-order valence-corrected chi connectivity index (χ0v) is 10.9. The van der Waals surface area contributed by atoms with Crippen molar-refractivity contribution in [1.82, 2.24) is 0 Å². The summed E-state index contributed by atoms with van der Waals surface area (Å²) in [6.07, 6.45) is 1.52. The number of para-hydroxylation sites is 1. The van der Waals surface area contributed by atoms with E-state index in [1.807, 2.05) is 6.92 Å². The Bertz CT molecular complexity index is 326. The van der Waals surface area contributed by atoms with Crippen LogP contribution in [-0.4, -0.2) is 30.8 Å². The van der Waals surface area contributed by atoms with Gasteiger partial charge in [-0.15, -0.1) is 0 Å². The molecule has 0 saturated heterocycles. The highest BCUT2D eigenvalue weighted by molar-refractivity contribution is 5.52. The van der Waals surface area contributed by atoms with Gasteiger partial charge in [-0.25, -0.2) is 0 Å². The Morgan fingerprint density at radius 3 is 2.59 bits per heavy atom. The second kappa shape index (κ2) is 7.30. The minimum Gasteiger partial charge on any atom is -0.393 e. The van der Waals surface area contributed by atoms with E-state index in [0.717, 1.165) is 25.9 Å². The molecule has 1 aromatic carbocycles. The molecule has 1 atom stereocenters. The van der Waals surface area contributed by atoms with E-state index in [0.29, 0.717) is 6.54 Å². The number of aliphatic hydroxyl groups is 1. The smallest absolute Gasteiger partial charge is 0.0528 e. The minimum atomic E-state index is -0.251. The van der Waals surface area contributed by atoms with Crippen LogP contribution in [0.4, 0.5) is 5.69 Å². The van der Waals surface area contributed by atoms with Crippen LogP contribution in [0, 0.1) is 6.92 Å². The van der Waals surface area contributed by atoms with Gasteiger partial charge in [-0.2, -0.15) is 0 Å². The molecule has 0 aliphatic carbocycles. The maximum absolute atomic E-state index is 9.39. The monoisotopic (exact) mass is 236 g/mol. The fourth-order valence-corrected chi connectivity index (χ4v) is 1.90. The van der Waals surface area contributed by atoms with Crippen molar-refractivity contribution in [2.24, 2.45) is 5.73 Å². The molecule has 0 spiro atoms. The third kappa shape index (κ3) is 4.75. The predicted molar refractivity (Wildman–Crippen MR) is 73.4 cm³/mol. The Hall–Kier alpha value is -1.06. The Labute approximate surface area is 104 Å². The highest BCUT2D eigenvalue weighted by Crippen LogP contribution is 2.20. The second-order valence-corrected chi connectivity index (χ2v) is 4.55. The van der Waals surface area contributed by atoms with Crippen molar-refractivity contribution in [3.63, 3.8) is 0 Å². The van der Waals surface area contributed by atoms with Crippen molar-refractivity contribution >= 4 is 5.69 Å². The van der Waals surface area contributed by atoms with Gasteiger partial charge in [0.1, 0.15) is 0 Å². The lowest BCUT2D eigenvalue weighted by molar-refractivity contribution is 0.186. The van der Waals surface area contributed by atoms with Gasteiger partial charge in [0.15, 0.2) is 0 Å². The van der Waals surface area contributed by atoms with Gasteiger partial charge in [-0.3, -0.25) is 0 Å². The summed E-state index contributed by atoms with van der Waals surface area (Å²) in [5.74, 6) is 0. The van der Waals surface area contributed by atoms with E-state index >= 15 is 0 Å². The lowest BCUT2D eigenvalue weighted by Crippen LogP contribution is -2.29. The molecule has 0 heterocycles. The summed E-state index contributed by atoms with van der Waals surface area (Å²) >= 11 is 0. The van der Waals surface area contributed by atoms with E-state index in [9.17, 15) is 5.11 Å². The van der Waals surface area contributed by atoms with Crippen molar-refractivity contribution in [2.75, 3.05) is 24.5 Å². The van der Waals surface area contributed by atoms with E-state index < -0.39 is 0 Å². The summed E-state index contributed by atoms with van der Waals surface area (Å²) in [6, 6.07) is 8.36. The van der Waals surface area contributed by atoms with Gasteiger partial charge in [-0.05, 0) is 44.9 Å². The average molecular weight is 236 g/mol. The summed E-state index contributed by atoms with van der Waals surface area (Å²) in [5, 5.41) is 9.39. The summed E-state index contributed by atoms with van der Waals surface area (Å²) < 4.78 is 0. The van der Waals surface area contributed by atoms with Crippen LogP contribution in [0.3, 0.4) is 0 Å². The molecule has 1 rings (SSSR count). The Morgan fingerprint density at radius 2 is 2.00 bits per heavy atom. The topological polar surface area (TPSA) is 49.5 Å². The van der Waals surface area contributed by atoms with Crippen molar-refractivity contribution < 1.29 is 5.11 Å². The van der Waals surface area contributed by atoms with Crippen LogP contribution in [0.5, 0.6) is 0 Å². The standard InChI is InChI=1S/C14H24N2O/c1-12-6-3-4-7-14(12)16(10-5-9-15)11-8-13(2)17/h3-4,6-7,13,17H,5,8-11,15H2,1-2H3. The Kier molecular flexibility index (Phi) is 6.01. The first-order valence-corrected chi connectivity index (χ1v) is 6.34. The zero-order valence-electron chi connectivity index (χ0n) is 10.9. The summed E-state index contributed by atoms with van der Waals surface area (Å²) in [6.45, 7) is 6.49. The number of nitrogens with two attached hydrogens (primary N) is 1. The Balaban J connectivity index is 2.71. The Morgan fingerprint density at radius 1 is 1.29 bits per heavy atom. The highest BCUT2D eigenvalue weighted by atomic mass is 16.3. The van der Waals surface area contributed by atoms with E-state index in [1.54, 1.807) is 0 Å². The number of anilines is 1. The fourth-order valence-electron chi connectivity index (χ4n) is 1.90. The molecule has 0 bridgehead atoms. The van der Waals surface area contributed by atoms with Crippen LogP contribution in [-0.2, 0) is 0 Å². The van der Waals surface area contributed by atoms with Gasteiger partial charge in [0.05, 0.1) is 6.10 Å². The summed E-state index contributed by atoms with van der Waals surface area (Å²) in [7, 11) is 0. The van der Waals surface area contributed by atoms with Crippen LogP contribution < -0.4 is 10.6 Å². The molecule has 96 valence electrons. The molecule has 17 heavy (non-hydrogen) atoms. The molecule has 0 fully saturated rings. The van der Waals surface area contributed by atoms with E-state index in [1.165, 1.54) is 11.3 Å². The number of aliphatic hydroxyl groups excluding tert-OH is 1. The number of nitrogens with zero attached hydrogens (tertiary/aromatic N) is 1. The molecule has 0 aromatic heterocycles. The fraction of sp³-hybridized carbons (Fsp3) is 0.571. The number of rotatable bonds is 7. The van der Waals surface area contributed by atoms with Gasteiger partial charge in [0.2, 0.25) is 0 Å². The quantitative estimate of drug-likeness (QED) is 0.760. The van der Waals surface area contributed by atoms with Crippen LogP contribution in [0.1, 0.15) is 25.3 Å². The maximum Gasteiger partial charge on any atom is 0.0528 e. The highest BCUT2D eigenvalue weighted by Gasteiger charge is 2.09. The van der Waals surface area contributed by atoms with Gasteiger partial charge >= 0.3 is 0 Å². The number of aryl methyl sites for hydroxylation is 1. The van der Waals surface area contributed by atoms with Crippen LogP contribution >= 0.6 is 0 Å². The first kappa shape index (κ1) is 14.0. The molecule has 0 aliphatic rings. The maximum atomic E-state index is 9.39. The second-order valence-electron chi connectivity index (χ2n) is 4.55. The van der Waals surface area contributed by atoms with E-state index in [2.05, 4.69) is 36.1 Å². The molecule has 0 aliphatic heterocycles. The first-order valence-electron chi connectivity index (χ1n) is 6.34. The van der Waals surface area contributed by atoms with Crippen LogP contribution in [0.2, 0.25) is 0 Å². The van der Waals surface area contributed by atoms with Crippen molar-refractivity contribution in [2.45, 2.75) is 32.8 Å². The van der Waals surface area contributed by atoms with Crippen molar-refractivity contribution in [3.05, 3.63) is 29.8 Å². The third-order valence-corrected chi connectivity index (χ3v) is 2.91. The van der Waals surface area contributed by atoms with Gasteiger partial charge in [-0.1, -0.05) is 18.2 Å². The molecule has 0 amide bonds. The van der Waals surface area contributed by atoms with Crippen LogP contribution in [0.25, 0.3) is 0 Å². The predicted octanol–water partition coefficient (Wildman–Crippen LogP) is 1.92. The van der Waals surface area contributed by atoms with E-state index in [4.69, 9.17) is 5.73 Å². The number of hydrogen-bond donors (Lipinski definition) is 2. The molecule has 1 aromatic rings.